The molecular weight excluding hydrogens is 382 g/mol. The molecule has 4 rings (SSSR count). The maximum atomic E-state index is 12.9. The lowest BCUT2D eigenvalue weighted by molar-refractivity contribution is -0.115. The fraction of sp³-hybridized carbons (Fsp3) is 0.0870. The molecule has 4 aromatic rings. The van der Waals surface area contributed by atoms with Crippen LogP contribution in [-0.2, 0) is 11.3 Å². The van der Waals surface area contributed by atoms with Crippen molar-refractivity contribution >= 4 is 17.6 Å². The van der Waals surface area contributed by atoms with Crippen LogP contribution in [0.2, 0.25) is 0 Å². The van der Waals surface area contributed by atoms with Gasteiger partial charge in [0.1, 0.15) is 11.5 Å². The molecule has 0 radical (unpaired) electrons. The molecule has 0 saturated carbocycles. The average molecular weight is 401 g/mol. The van der Waals surface area contributed by atoms with E-state index in [1.54, 1.807) is 31.6 Å². The van der Waals surface area contributed by atoms with Crippen LogP contribution < -0.4 is 10.1 Å². The van der Waals surface area contributed by atoms with Crippen molar-refractivity contribution in [3.05, 3.63) is 90.2 Å². The molecule has 0 unspecified atom stereocenters. The predicted molar refractivity (Wildman–Crippen MR) is 111 cm³/mol. The van der Waals surface area contributed by atoms with E-state index in [9.17, 15) is 4.79 Å². The number of nitrogens with zero attached hydrogens (tertiary/aromatic N) is 2. The molecule has 7 nitrogen and oxygen atoms in total. The average Bonchev–Trinajstić information content (AvgIpc) is 3.49. The summed E-state index contributed by atoms with van der Waals surface area (Å²) in [5.41, 5.74) is 2.01. The Kier molecular flexibility index (Phi) is 5.70. The highest BCUT2D eigenvalue weighted by molar-refractivity contribution is 6.23. The molecule has 0 bridgehead atoms. The molecule has 0 fully saturated rings. The third-order valence-electron chi connectivity index (χ3n) is 4.36. The zero-order valence-corrected chi connectivity index (χ0v) is 16.2. The SMILES string of the molecule is COc1cccc(-c2noc(CNC(=O)/C(=C/c3ccco3)c3ccccc3)n2)c1. The zero-order valence-electron chi connectivity index (χ0n) is 16.2. The predicted octanol–water partition coefficient (Wildman–Crippen LogP) is 4.20. The number of furan rings is 1. The van der Waals surface area contributed by atoms with Gasteiger partial charge in [0, 0.05) is 5.56 Å². The lowest BCUT2D eigenvalue weighted by Crippen LogP contribution is -2.24. The van der Waals surface area contributed by atoms with Gasteiger partial charge < -0.3 is 19.0 Å². The summed E-state index contributed by atoms with van der Waals surface area (Å²) in [4.78, 5) is 17.2. The van der Waals surface area contributed by atoms with Gasteiger partial charge in [0.2, 0.25) is 11.7 Å². The van der Waals surface area contributed by atoms with E-state index in [0.29, 0.717) is 28.8 Å². The molecule has 150 valence electrons. The summed E-state index contributed by atoms with van der Waals surface area (Å²) in [7, 11) is 1.59. The minimum atomic E-state index is -0.279. The Morgan fingerprint density at radius 3 is 2.73 bits per heavy atom. The minimum absolute atomic E-state index is 0.0954. The Morgan fingerprint density at radius 2 is 1.97 bits per heavy atom. The number of aromatic nitrogens is 2. The Bertz CT molecular complexity index is 1150. The van der Waals surface area contributed by atoms with E-state index in [1.165, 1.54) is 0 Å². The van der Waals surface area contributed by atoms with E-state index < -0.39 is 0 Å². The quantitative estimate of drug-likeness (QED) is 0.467. The molecule has 2 aromatic carbocycles. The Morgan fingerprint density at radius 1 is 1.10 bits per heavy atom. The van der Waals surface area contributed by atoms with Gasteiger partial charge in [0.15, 0.2) is 0 Å². The Hall–Kier alpha value is -4.13. The lowest BCUT2D eigenvalue weighted by atomic mass is 10.0. The van der Waals surface area contributed by atoms with Crippen molar-refractivity contribution in [2.45, 2.75) is 6.54 Å². The van der Waals surface area contributed by atoms with Gasteiger partial charge in [-0.3, -0.25) is 4.79 Å². The van der Waals surface area contributed by atoms with Crippen LogP contribution in [0.25, 0.3) is 23.0 Å². The van der Waals surface area contributed by atoms with Crippen molar-refractivity contribution in [3.63, 3.8) is 0 Å². The number of hydrogen-bond acceptors (Lipinski definition) is 6. The highest BCUT2D eigenvalue weighted by Gasteiger charge is 2.15. The molecule has 0 saturated heterocycles. The van der Waals surface area contributed by atoms with Crippen LogP contribution in [0, 0.1) is 0 Å². The van der Waals surface area contributed by atoms with Crippen molar-refractivity contribution < 1.29 is 18.5 Å². The lowest BCUT2D eigenvalue weighted by Gasteiger charge is -2.07. The number of rotatable bonds is 7. The van der Waals surface area contributed by atoms with Crippen molar-refractivity contribution in [3.8, 4) is 17.1 Å². The summed E-state index contributed by atoms with van der Waals surface area (Å²) in [6.07, 6.45) is 3.26. The molecule has 1 N–H and O–H groups in total. The number of carbonyl (C=O) groups excluding carboxylic acids is 1. The molecule has 0 aliphatic rings. The first-order chi connectivity index (χ1) is 14.7. The standard InChI is InChI=1S/C23H19N3O4/c1-28-18-10-5-9-17(13-18)22-25-21(30-26-22)15-24-23(27)20(14-19-11-6-12-29-19)16-7-3-2-4-8-16/h2-14H,15H2,1H3,(H,24,27)/b20-14+. The summed E-state index contributed by atoms with van der Waals surface area (Å²) in [6, 6.07) is 20.3. The highest BCUT2D eigenvalue weighted by Crippen LogP contribution is 2.22. The first-order valence-electron chi connectivity index (χ1n) is 9.29. The number of benzene rings is 2. The smallest absolute Gasteiger partial charge is 0.252 e. The second-order valence-corrected chi connectivity index (χ2v) is 6.37. The first-order valence-corrected chi connectivity index (χ1v) is 9.29. The van der Waals surface area contributed by atoms with E-state index in [-0.39, 0.29) is 12.5 Å². The second-order valence-electron chi connectivity index (χ2n) is 6.37. The van der Waals surface area contributed by atoms with E-state index >= 15 is 0 Å². The number of hydrogen-bond donors (Lipinski definition) is 1. The number of ether oxygens (including phenoxy) is 1. The first kappa shape index (κ1) is 19.2. The number of amides is 1. The minimum Gasteiger partial charge on any atom is -0.497 e. The van der Waals surface area contributed by atoms with Crippen LogP contribution in [0.15, 0.2) is 81.9 Å². The third kappa shape index (κ3) is 4.47. The summed E-state index contributed by atoms with van der Waals surface area (Å²) in [6.45, 7) is 0.0954. The van der Waals surface area contributed by atoms with Gasteiger partial charge in [0.25, 0.3) is 5.91 Å². The maximum absolute atomic E-state index is 12.9. The normalized spacial score (nSPS) is 11.3. The third-order valence-corrected chi connectivity index (χ3v) is 4.36. The maximum Gasteiger partial charge on any atom is 0.252 e. The number of carbonyl (C=O) groups is 1. The second kappa shape index (κ2) is 8.91. The van der Waals surface area contributed by atoms with Crippen LogP contribution in [0.4, 0.5) is 0 Å². The van der Waals surface area contributed by atoms with Crippen LogP contribution in [0.3, 0.4) is 0 Å². The molecular formula is C23H19N3O4. The fourth-order valence-corrected chi connectivity index (χ4v) is 2.87. The molecule has 1 amide bonds. The molecule has 2 aromatic heterocycles. The van der Waals surface area contributed by atoms with Gasteiger partial charge in [0.05, 0.1) is 25.5 Å². The topological polar surface area (TPSA) is 90.4 Å². The summed E-state index contributed by atoms with van der Waals surface area (Å²) >= 11 is 0. The molecule has 2 heterocycles. The largest absolute Gasteiger partial charge is 0.497 e. The Labute approximate surface area is 173 Å². The van der Waals surface area contributed by atoms with Gasteiger partial charge in [-0.15, -0.1) is 0 Å². The highest BCUT2D eigenvalue weighted by atomic mass is 16.5. The summed E-state index contributed by atoms with van der Waals surface area (Å²) in [5, 5.41) is 6.81. The van der Waals surface area contributed by atoms with Crippen LogP contribution in [0.5, 0.6) is 5.75 Å². The van der Waals surface area contributed by atoms with E-state index in [2.05, 4.69) is 15.5 Å². The van der Waals surface area contributed by atoms with E-state index in [0.717, 1.165) is 11.1 Å². The molecule has 0 aliphatic heterocycles. The molecule has 0 atom stereocenters. The van der Waals surface area contributed by atoms with Crippen LogP contribution in [0.1, 0.15) is 17.2 Å². The van der Waals surface area contributed by atoms with Gasteiger partial charge in [-0.1, -0.05) is 47.6 Å². The van der Waals surface area contributed by atoms with E-state index in [4.69, 9.17) is 13.7 Å². The van der Waals surface area contributed by atoms with Gasteiger partial charge in [-0.05, 0) is 35.9 Å². The summed E-state index contributed by atoms with van der Waals surface area (Å²) in [5.74, 6) is 1.72. The zero-order chi connectivity index (χ0) is 20.8. The van der Waals surface area contributed by atoms with Gasteiger partial charge in [-0.2, -0.15) is 4.98 Å². The Balaban J connectivity index is 1.49. The van der Waals surface area contributed by atoms with Crippen LogP contribution >= 0.6 is 0 Å². The van der Waals surface area contributed by atoms with Gasteiger partial charge in [-0.25, -0.2) is 0 Å². The number of methoxy groups -OCH3 is 1. The fourth-order valence-electron chi connectivity index (χ4n) is 2.87. The molecule has 0 aliphatic carbocycles. The van der Waals surface area contributed by atoms with E-state index in [1.807, 2.05) is 54.6 Å². The van der Waals surface area contributed by atoms with Crippen molar-refractivity contribution in [1.29, 1.82) is 0 Å². The number of nitrogens with one attached hydrogen (secondary N) is 1. The molecule has 0 spiro atoms. The molecule has 7 heteroatoms. The van der Waals surface area contributed by atoms with Crippen molar-refractivity contribution in [1.82, 2.24) is 15.5 Å². The van der Waals surface area contributed by atoms with Crippen molar-refractivity contribution in [2.24, 2.45) is 0 Å². The summed E-state index contributed by atoms with van der Waals surface area (Å²) < 4.78 is 15.9. The molecule has 30 heavy (non-hydrogen) atoms. The monoisotopic (exact) mass is 401 g/mol. The van der Waals surface area contributed by atoms with Crippen molar-refractivity contribution in [2.75, 3.05) is 7.11 Å². The van der Waals surface area contributed by atoms with Gasteiger partial charge >= 0.3 is 0 Å². The van der Waals surface area contributed by atoms with Crippen LogP contribution in [-0.4, -0.2) is 23.2 Å².